The van der Waals surface area contributed by atoms with Crippen molar-refractivity contribution in [3.63, 3.8) is 0 Å². The molecule has 1 aromatic heterocycles. The summed E-state index contributed by atoms with van der Waals surface area (Å²) in [6, 6.07) is 3.14. The Morgan fingerprint density at radius 3 is 2.50 bits per heavy atom. The maximum absolute atomic E-state index is 12.1. The van der Waals surface area contributed by atoms with Crippen LogP contribution in [0.3, 0.4) is 0 Å². The van der Waals surface area contributed by atoms with Crippen LogP contribution in [0.5, 0.6) is 0 Å². The minimum atomic E-state index is -3.56. The van der Waals surface area contributed by atoms with Gasteiger partial charge in [-0.3, -0.25) is 0 Å². The van der Waals surface area contributed by atoms with Crippen molar-refractivity contribution in [2.45, 2.75) is 56.8 Å². The molecule has 2 rings (SSSR count). The van der Waals surface area contributed by atoms with Gasteiger partial charge in [0.25, 0.3) is 10.0 Å². The zero-order valence-corrected chi connectivity index (χ0v) is 13.0. The van der Waals surface area contributed by atoms with Crippen molar-refractivity contribution >= 4 is 10.0 Å². The molecule has 0 bridgehead atoms. The first-order chi connectivity index (χ1) is 9.26. The fourth-order valence-corrected chi connectivity index (χ4v) is 3.15. The normalized spacial score (nSPS) is 16.9. The van der Waals surface area contributed by atoms with Gasteiger partial charge in [-0.1, -0.05) is 12.2 Å². The molecular weight excluding hydrogens is 276 g/mol. The number of rotatable bonds is 5. The molecule has 1 aliphatic rings. The van der Waals surface area contributed by atoms with Gasteiger partial charge in [-0.05, 0) is 45.7 Å². The Balaban J connectivity index is 2.00. The molecule has 0 aromatic carbocycles. The molecule has 6 heteroatoms. The van der Waals surface area contributed by atoms with Crippen molar-refractivity contribution < 1.29 is 12.8 Å². The van der Waals surface area contributed by atoms with Gasteiger partial charge in [0, 0.05) is 11.6 Å². The van der Waals surface area contributed by atoms with Gasteiger partial charge in [0.1, 0.15) is 5.76 Å². The van der Waals surface area contributed by atoms with Crippen LogP contribution in [0.4, 0.5) is 0 Å². The third kappa shape index (κ3) is 4.19. The zero-order valence-electron chi connectivity index (χ0n) is 12.1. The first kappa shape index (κ1) is 15.3. The highest BCUT2D eigenvalue weighted by atomic mass is 32.2. The lowest BCUT2D eigenvalue weighted by molar-refractivity contribution is 0.358. The second-order valence-electron chi connectivity index (χ2n) is 6.09. The Bertz CT molecular complexity index is 574. The Hall–Kier alpha value is -1.11. The van der Waals surface area contributed by atoms with E-state index in [9.17, 15) is 8.42 Å². The van der Waals surface area contributed by atoms with Crippen LogP contribution >= 0.6 is 0 Å². The third-order valence-electron chi connectivity index (χ3n) is 3.02. The number of furan rings is 1. The van der Waals surface area contributed by atoms with Crippen molar-refractivity contribution in [2.24, 2.45) is 0 Å². The van der Waals surface area contributed by atoms with Crippen molar-refractivity contribution in [2.75, 3.05) is 0 Å². The molecule has 2 N–H and O–H groups in total. The molecular formula is C14H22N2O3S. The summed E-state index contributed by atoms with van der Waals surface area (Å²) in [5.74, 6) is 0.616. The van der Waals surface area contributed by atoms with Gasteiger partial charge in [-0.2, -0.15) is 0 Å². The lowest BCUT2D eigenvalue weighted by Gasteiger charge is -2.19. The number of hydrogen-bond donors (Lipinski definition) is 2. The van der Waals surface area contributed by atoms with Crippen LogP contribution in [0, 0.1) is 0 Å². The number of nitrogens with one attached hydrogen (secondary N) is 2. The molecule has 112 valence electrons. The van der Waals surface area contributed by atoms with Gasteiger partial charge in [-0.15, -0.1) is 0 Å². The number of sulfonamides is 1. The quantitative estimate of drug-likeness (QED) is 0.817. The van der Waals surface area contributed by atoms with Gasteiger partial charge in [0.05, 0.1) is 6.54 Å². The molecule has 1 heterocycles. The molecule has 0 atom stereocenters. The summed E-state index contributed by atoms with van der Waals surface area (Å²) < 4.78 is 32.4. The van der Waals surface area contributed by atoms with E-state index in [1.54, 1.807) is 6.07 Å². The molecule has 0 saturated carbocycles. The molecule has 0 spiro atoms. The highest BCUT2D eigenvalue weighted by Crippen LogP contribution is 2.18. The Kier molecular flexibility index (Phi) is 4.36. The topological polar surface area (TPSA) is 71.3 Å². The van der Waals surface area contributed by atoms with Crippen LogP contribution in [-0.2, 0) is 16.6 Å². The smallest absolute Gasteiger partial charge is 0.274 e. The minimum Gasteiger partial charge on any atom is -0.447 e. The molecule has 20 heavy (non-hydrogen) atoms. The number of hydrogen-bond acceptors (Lipinski definition) is 4. The average molecular weight is 298 g/mol. The first-order valence-corrected chi connectivity index (χ1v) is 8.26. The van der Waals surface area contributed by atoms with E-state index in [0.29, 0.717) is 12.3 Å². The maximum atomic E-state index is 12.1. The van der Waals surface area contributed by atoms with E-state index in [1.165, 1.54) is 6.07 Å². The lowest BCUT2D eigenvalue weighted by atomic mass is 10.1. The fourth-order valence-electron chi connectivity index (χ4n) is 1.94. The van der Waals surface area contributed by atoms with E-state index in [-0.39, 0.29) is 16.7 Å². The molecule has 0 radical (unpaired) electrons. The summed E-state index contributed by atoms with van der Waals surface area (Å²) in [6.45, 7) is 6.64. The molecule has 1 aromatic rings. The van der Waals surface area contributed by atoms with Gasteiger partial charge >= 0.3 is 0 Å². The van der Waals surface area contributed by atoms with Crippen LogP contribution in [0.1, 0.15) is 39.4 Å². The largest absolute Gasteiger partial charge is 0.447 e. The van der Waals surface area contributed by atoms with Crippen LogP contribution in [0.25, 0.3) is 0 Å². The van der Waals surface area contributed by atoms with Crippen LogP contribution < -0.4 is 10.0 Å². The van der Waals surface area contributed by atoms with Crippen LogP contribution in [0.2, 0.25) is 0 Å². The van der Waals surface area contributed by atoms with E-state index >= 15 is 0 Å². The summed E-state index contributed by atoms with van der Waals surface area (Å²) in [5, 5.41) is 3.24. The van der Waals surface area contributed by atoms with E-state index < -0.39 is 10.0 Å². The predicted molar refractivity (Wildman–Crippen MR) is 77.8 cm³/mol. The highest BCUT2D eigenvalue weighted by Gasteiger charge is 2.23. The molecule has 5 nitrogen and oxygen atoms in total. The summed E-state index contributed by atoms with van der Waals surface area (Å²) in [7, 11) is -3.56. The van der Waals surface area contributed by atoms with Crippen LogP contribution in [0.15, 0.2) is 33.8 Å². The molecule has 0 fully saturated rings. The molecule has 0 aliphatic heterocycles. The highest BCUT2D eigenvalue weighted by molar-refractivity contribution is 7.89. The summed E-state index contributed by atoms with van der Waals surface area (Å²) in [4.78, 5) is 0. The molecule has 0 amide bonds. The van der Waals surface area contributed by atoms with E-state index in [4.69, 9.17) is 4.42 Å². The van der Waals surface area contributed by atoms with E-state index in [0.717, 1.165) is 12.8 Å². The van der Waals surface area contributed by atoms with Crippen molar-refractivity contribution in [3.05, 3.63) is 30.0 Å². The Morgan fingerprint density at radius 2 is 1.90 bits per heavy atom. The monoisotopic (exact) mass is 298 g/mol. The third-order valence-corrected chi connectivity index (χ3v) is 4.42. The maximum Gasteiger partial charge on any atom is 0.274 e. The van der Waals surface area contributed by atoms with E-state index in [2.05, 4.69) is 10.0 Å². The molecule has 0 saturated heterocycles. The van der Waals surface area contributed by atoms with Crippen LogP contribution in [-0.4, -0.2) is 20.0 Å². The summed E-state index contributed by atoms with van der Waals surface area (Å²) in [6.07, 6.45) is 5.43. The second kappa shape index (κ2) is 5.71. The Labute approximate surface area is 120 Å². The SMILES string of the molecule is CC(C)(C)NCc1ccc(S(=O)(=O)NC2CC=CC2)o1. The average Bonchev–Trinajstić information content (AvgIpc) is 2.95. The minimum absolute atomic E-state index is 0.0184. The van der Waals surface area contributed by atoms with Gasteiger partial charge in [-0.25, -0.2) is 13.1 Å². The van der Waals surface area contributed by atoms with Gasteiger partial charge < -0.3 is 9.73 Å². The van der Waals surface area contributed by atoms with E-state index in [1.807, 2.05) is 32.9 Å². The van der Waals surface area contributed by atoms with Crippen molar-refractivity contribution in [3.8, 4) is 0 Å². The summed E-state index contributed by atoms with van der Waals surface area (Å²) >= 11 is 0. The Morgan fingerprint density at radius 1 is 1.25 bits per heavy atom. The van der Waals surface area contributed by atoms with Crippen molar-refractivity contribution in [1.29, 1.82) is 0 Å². The zero-order chi connectivity index (χ0) is 14.8. The fraction of sp³-hybridized carbons (Fsp3) is 0.571. The predicted octanol–water partition coefficient (Wildman–Crippen LogP) is 2.16. The lowest BCUT2D eigenvalue weighted by Crippen LogP contribution is -2.35. The van der Waals surface area contributed by atoms with Gasteiger partial charge in [0.15, 0.2) is 0 Å². The van der Waals surface area contributed by atoms with Crippen molar-refractivity contribution in [1.82, 2.24) is 10.0 Å². The molecule has 1 aliphatic carbocycles. The standard InChI is InChI=1S/C14H22N2O3S/c1-14(2,3)15-10-12-8-9-13(19-12)20(17,18)16-11-6-4-5-7-11/h4-5,8-9,11,15-16H,6-7,10H2,1-3H3. The van der Waals surface area contributed by atoms with Gasteiger partial charge in [0.2, 0.25) is 5.09 Å². The summed E-state index contributed by atoms with van der Waals surface area (Å²) in [5.41, 5.74) is -0.0421. The molecule has 0 unspecified atom stereocenters. The first-order valence-electron chi connectivity index (χ1n) is 6.77. The second-order valence-corrected chi connectivity index (χ2v) is 7.73.